The Morgan fingerprint density at radius 2 is 1.43 bits per heavy atom. The first kappa shape index (κ1) is 10.8. The summed E-state index contributed by atoms with van der Waals surface area (Å²) in [5, 5.41) is 0. The van der Waals surface area contributed by atoms with Crippen molar-refractivity contribution in [2.24, 2.45) is 0 Å². The molecule has 0 fully saturated rings. The molecule has 39 valence electrons. The van der Waals surface area contributed by atoms with E-state index in [0.29, 0.717) is 0 Å². The van der Waals surface area contributed by atoms with Crippen LogP contribution in [-0.2, 0) is 0 Å². The summed E-state index contributed by atoms with van der Waals surface area (Å²) >= 11 is 0. The van der Waals surface area contributed by atoms with Gasteiger partial charge in [-0.1, -0.05) is 0 Å². The molecule has 0 heterocycles. The van der Waals surface area contributed by atoms with Crippen LogP contribution in [0.2, 0.25) is 0 Å². The van der Waals surface area contributed by atoms with Crippen LogP contribution in [0, 0.1) is 56.8 Å². The first-order valence-corrected chi connectivity index (χ1v) is 1.67. The van der Waals surface area contributed by atoms with E-state index in [4.69, 9.17) is 0 Å². The van der Waals surface area contributed by atoms with E-state index in [-0.39, 0.29) is 56.8 Å². The van der Waals surface area contributed by atoms with Gasteiger partial charge in [-0.15, -0.1) is 0 Å². The molecular formula is C6H8Eu. The molecule has 0 amide bonds. The standard InChI is InChI=1S/C5H5.CH3.Eu/c1-2-4-5-3-1;;/h1-5H;1H3;/q2*-1;+2. The monoisotopic (exact) mass is 233 g/mol. The zero-order valence-electron chi connectivity index (χ0n) is 4.26. The normalized spacial score (nSPS) is 5.71. The van der Waals surface area contributed by atoms with E-state index in [1.165, 1.54) is 0 Å². The van der Waals surface area contributed by atoms with E-state index in [2.05, 4.69) is 0 Å². The summed E-state index contributed by atoms with van der Waals surface area (Å²) in [5.41, 5.74) is 0. The molecule has 0 unspecified atom stereocenters. The zero-order chi connectivity index (χ0) is 3.54. The molecule has 1 aromatic carbocycles. The van der Waals surface area contributed by atoms with Gasteiger partial charge in [-0.25, -0.2) is 12.1 Å². The fourth-order valence-corrected chi connectivity index (χ4v) is 0.321. The average molecular weight is 232 g/mol. The average Bonchev–Trinajstić information content (AvgIpc) is 1.76. The van der Waals surface area contributed by atoms with Gasteiger partial charge in [-0.2, -0.15) is 18.2 Å². The van der Waals surface area contributed by atoms with Gasteiger partial charge in [-0.3, -0.25) is 0 Å². The molecule has 0 spiro atoms. The Morgan fingerprint density at radius 3 is 1.57 bits per heavy atom. The van der Waals surface area contributed by atoms with E-state index < -0.39 is 0 Å². The van der Waals surface area contributed by atoms with E-state index in [0.717, 1.165) is 0 Å². The van der Waals surface area contributed by atoms with Crippen molar-refractivity contribution in [3.8, 4) is 0 Å². The van der Waals surface area contributed by atoms with Crippen molar-refractivity contribution in [2.75, 3.05) is 0 Å². The second-order valence-corrected chi connectivity index (χ2v) is 0.962. The van der Waals surface area contributed by atoms with Gasteiger partial charge in [0.15, 0.2) is 0 Å². The van der Waals surface area contributed by atoms with Crippen molar-refractivity contribution >= 4 is 0 Å². The molecule has 1 rings (SSSR count). The third-order valence-electron chi connectivity index (χ3n) is 0.556. The summed E-state index contributed by atoms with van der Waals surface area (Å²) in [6.45, 7) is 0. The van der Waals surface area contributed by atoms with Crippen molar-refractivity contribution in [3.05, 3.63) is 37.8 Å². The molecule has 0 aliphatic carbocycles. The van der Waals surface area contributed by atoms with E-state index in [1.807, 2.05) is 30.3 Å². The van der Waals surface area contributed by atoms with Crippen LogP contribution in [0.15, 0.2) is 30.3 Å². The molecule has 7 heavy (non-hydrogen) atoms. The number of rotatable bonds is 0. The summed E-state index contributed by atoms with van der Waals surface area (Å²) in [4.78, 5) is 0. The Balaban J connectivity index is 0. The Hall–Kier alpha value is 0.934. The Labute approximate surface area is 85.8 Å². The Bertz CT molecular complexity index is 60.7. The second-order valence-electron chi connectivity index (χ2n) is 0.962. The van der Waals surface area contributed by atoms with E-state index in [9.17, 15) is 0 Å². The van der Waals surface area contributed by atoms with Crippen LogP contribution in [-0.4, -0.2) is 0 Å². The molecule has 0 atom stereocenters. The van der Waals surface area contributed by atoms with E-state index in [1.54, 1.807) is 0 Å². The minimum Gasteiger partial charge on any atom is -0.358 e. The van der Waals surface area contributed by atoms with Crippen LogP contribution in [0.1, 0.15) is 0 Å². The number of hydrogen-bond acceptors (Lipinski definition) is 0. The largest absolute Gasteiger partial charge is 2.00 e. The summed E-state index contributed by atoms with van der Waals surface area (Å²) in [7, 11) is 0. The minimum absolute atomic E-state index is 0. The zero-order valence-corrected chi connectivity index (χ0v) is 6.69. The van der Waals surface area contributed by atoms with E-state index >= 15 is 0 Å². The molecule has 0 aromatic heterocycles. The molecule has 1 aromatic rings. The maximum absolute atomic E-state index is 2.00. The van der Waals surface area contributed by atoms with Crippen LogP contribution in [0.4, 0.5) is 0 Å². The van der Waals surface area contributed by atoms with Crippen molar-refractivity contribution in [1.29, 1.82) is 0 Å². The molecule has 0 aliphatic heterocycles. The molecule has 0 nitrogen and oxygen atoms in total. The van der Waals surface area contributed by atoms with Crippen molar-refractivity contribution in [3.63, 3.8) is 0 Å². The van der Waals surface area contributed by atoms with Gasteiger partial charge in [0.1, 0.15) is 0 Å². The molecule has 1 heteroatoms. The van der Waals surface area contributed by atoms with Crippen molar-refractivity contribution < 1.29 is 49.4 Å². The Kier molecular flexibility index (Phi) is 10.7. The topological polar surface area (TPSA) is 0 Å². The Morgan fingerprint density at radius 1 is 1.00 bits per heavy atom. The number of hydrogen-bond donors (Lipinski definition) is 0. The van der Waals surface area contributed by atoms with Crippen LogP contribution in [0.25, 0.3) is 0 Å². The molecule has 0 aliphatic rings. The smallest absolute Gasteiger partial charge is 0.358 e. The maximum atomic E-state index is 2.00. The van der Waals surface area contributed by atoms with Crippen molar-refractivity contribution in [1.82, 2.24) is 0 Å². The molecule has 1 radical (unpaired) electrons. The second kappa shape index (κ2) is 6.93. The summed E-state index contributed by atoms with van der Waals surface area (Å²) < 4.78 is 0. The van der Waals surface area contributed by atoms with Gasteiger partial charge in [0.25, 0.3) is 0 Å². The molecular weight excluding hydrogens is 224 g/mol. The quantitative estimate of drug-likeness (QED) is 0.599. The molecule has 0 bridgehead atoms. The SMILES string of the molecule is [CH3-].[Eu+2].c1cc[cH-]c1. The van der Waals surface area contributed by atoms with Gasteiger partial charge >= 0.3 is 49.4 Å². The predicted octanol–water partition coefficient (Wildman–Crippen LogP) is 1.86. The maximum Gasteiger partial charge on any atom is 2.00 e. The first-order valence-electron chi connectivity index (χ1n) is 1.67. The van der Waals surface area contributed by atoms with Crippen molar-refractivity contribution in [2.45, 2.75) is 0 Å². The fraction of sp³-hybridized carbons (Fsp3) is 0. The van der Waals surface area contributed by atoms with Gasteiger partial charge in [0.05, 0.1) is 0 Å². The third-order valence-corrected chi connectivity index (χ3v) is 0.556. The van der Waals surface area contributed by atoms with Gasteiger partial charge in [0, 0.05) is 0 Å². The molecule has 0 N–H and O–H groups in total. The fourth-order valence-electron chi connectivity index (χ4n) is 0.321. The molecule has 0 saturated heterocycles. The summed E-state index contributed by atoms with van der Waals surface area (Å²) in [6.07, 6.45) is 0. The predicted molar refractivity (Wildman–Crippen MR) is 28.4 cm³/mol. The van der Waals surface area contributed by atoms with Gasteiger partial charge in [0.2, 0.25) is 0 Å². The van der Waals surface area contributed by atoms with Gasteiger partial charge in [-0.05, 0) is 0 Å². The first-order chi connectivity index (χ1) is 2.50. The van der Waals surface area contributed by atoms with Crippen LogP contribution in [0.5, 0.6) is 0 Å². The molecule has 0 saturated carbocycles. The third kappa shape index (κ3) is 4.79. The minimum atomic E-state index is 0. The summed E-state index contributed by atoms with van der Waals surface area (Å²) in [6, 6.07) is 10.0. The summed E-state index contributed by atoms with van der Waals surface area (Å²) in [5.74, 6) is 0. The van der Waals surface area contributed by atoms with Crippen LogP contribution < -0.4 is 0 Å². The van der Waals surface area contributed by atoms with Crippen LogP contribution >= 0.6 is 0 Å². The van der Waals surface area contributed by atoms with Crippen LogP contribution in [0.3, 0.4) is 0 Å². The van der Waals surface area contributed by atoms with Gasteiger partial charge < -0.3 is 7.43 Å².